The molecular formula is C13H32N4O3Si. The van der Waals surface area contributed by atoms with Crippen LogP contribution in [0.25, 0.3) is 0 Å². The van der Waals surface area contributed by atoms with Gasteiger partial charge in [-0.05, 0) is 56.1 Å². The third-order valence-corrected chi connectivity index (χ3v) is 4.11. The highest BCUT2D eigenvalue weighted by atomic mass is 28.2. The van der Waals surface area contributed by atoms with Crippen LogP contribution < -0.4 is 16.0 Å². The molecule has 0 radical (unpaired) electrons. The van der Waals surface area contributed by atoms with Crippen molar-refractivity contribution in [3.8, 4) is 0 Å². The van der Waals surface area contributed by atoms with Crippen molar-refractivity contribution in [1.82, 2.24) is 20.9 Å². The summed E-state index contributed by atoms with van der Waals surface area (Å²) in [4.78, 5) is 26.0. The highest BCUT2D eigenvalue weighted by molar-refractivity contribution is 6.08. The molecule has 0 bridgehead atoms. The first-order valence-corrected chi connectivity index (χ1v) is 7.64. The molecule has 0 aliphatic heterocycles. The first kappa shape index (κ1) is 22.6. The Morgan fingerprint density at radius 3 is 1.62 bits per heavy atom. The van der Waals surface area contributed by atoms with E-state index in [1.165, 1.54) is 0 Å². The van der Waals surface area contributed by atoms with Gasteiger partial charge in [-0.2, -0.15) is 0 Å². The molecule has 0 heterocycles. The number of rotatable bonds is 8. The maximum absolute atomic E-state index is 12.0. The van der Waals surface area contributed by atoms with Crippen molar-refractivity contribution in [2.75, 3.05) is 42.3 Å². The number of ketones is 2. The molecule has 0 aromatic carbocycles. The third kappa shape index (κ3) is 7.79. The fourth-order valence-electron chi connectivity index (χ4n) is 1.25. The predicted molar refractivity (Wildman–Crippen MR) is 89.3 cm³/mol. The predicted octanol–water partition coefficient (Wildman–Crippen LogP) is -1.92. The molecule has 0 amide bonds. The zero-order chi connectivity index (χ0) is 17.3. The van der Waals surface area contributed by atoms with E-state index in [0.29, 0.717) is 10.5 Å². The number of hydrogen-bond acceptors (Lipinski definition) is 7. The summed E-state index contributed by atoms with van der Waals surface area (Å²) in [6.45, 7) is 3.33. The molecule has 0 saturated heterocycles. The van der Waals surface area contributed by atoms with Gasteiger partial charge in [-0.15, -0.1) is 0 Å². The fourth-order valence-corrected chi connectivity index (χ4v) is 1.68. The monoisotopic (exact) mass is 320 g/mol. The van der Waals surface area contributed by atoms with Crippen molar-refractivity contribution < 1.29 is 14.0 Å². The van der Waals surface area contributed by atoms with Gasteiger partial charge in [0, 0.05) is 0 Å². The lowest BCUT2D eigenvalue weighted by molar-refractivity contribution is -0.140. The maximum Gasteiger partial charge on any atom is 0.185 e. The third-order valence-electron chi connectivity index (χ3n) is 3.30. The van der Waals surface area contributed by atoms with Crippen molar-refractivity contribution in [3.05, 3.63) is 0 Å². The summed E-state index contributed by atoms with van der Waals surface area (Å²) in [6.07, 6.45) is -0.183. The standard InChI is InChI=1S/C10H23N3O3Si.C3H9N/c1-9(11-3,12-4)7(14)6-8(15)10(2,13-5)16-17;1-4(2)3/h11-13H,6H2,1-5,17H3;1-3H3. The summed E-state index contributed by atoms with van der Waals surface area (Å²) in [5.74, 6) is -0.482. The highest BCUT2D eigenvalue weighted by Gasteiger charge is 2.37. The minimum Gasteiger partial charge on any atom is -0.405 e. The normalized spacial score (nSPS) is 14.3. The summed E-state index contributed by atoms with van der Waals surface area (Å²) in [5, 5.41) is 8.50. The van der Waals surface area contributed by atoms with Crippen LogP contribution in [-0.4, -0.2) is 80.6 Å². The molecule has 8 heteroatoms. The zero-order valence-corrected chi connectivity index (χ0v) is 16.9. The summed E-state index contributed by atoms with van der Waals surface area (Å²) in [7, 11) is 11.4. The van der Waals surface area contributed by atoms with Crippen LogP contribution in [0.2, 0.25) is 0 Å². The number of nitrogens with one attached hydrogen (secondary N) is 3. The van der Waals surface area contributed by atoms with Crippen LogP contribution in [0, 0.1) is 0 Å². The van der Waals surface area contributed by atoms with Crippen LogP contribution in [0.15, 0.2) is 0 Å². The van der Waals surface area contributed by atoms with Crippen LogP contribution >= 0.6 is 0 Å². The summed E-state index contributed by atoms with van der Waals surface area (Å²) >= 11 is 0. The van der Waals surface area contributed by atoms with Gasteiger partial charge < -0.3 is 9.33 Å². The van der Waals surface area contributed by atoms with Gasteiger partial charge in [-0.1, -0.05) is 0 Å². The number of Topliss-reactive ketones (excluding diaryl/α,β-unsaturated/α-hetero) is 2. The Balaban J connectivity index is 0. The van der Waals surface area contributed by atoms with Crippen molar-refractivity contribution in [2.45, 2.75) is 31.7 Å². The van der Waals surface area contributed by atoms with E-state index in [2.05, 4.69) is 16.0 Å². The molecule has 0 aromatic heterocycles. The average Bonchev–Trinajstić information content (AvgIpc) is 2.44. The van der Waals surface area contributed by atoms with E-state index in [4.69, 9.17) is 4.43 Å². The van der Waals surface area contributed by atoms with E-state index >= 15 is 0 Å². The Hall–Kier alpha value is -0.643. The van der Waals surface area contributed by atoms with Crippen LogP contribution in [0.1, 0.15) is 20.3 Å². The van der Waals surface area contributed by atoms with Crippen LogP contribution in [0.4, 0.5) is 0 Å². The second kappa shape index (κ2) is 10.1. The Labute approximate surface area is 131 Å². The molecule has 0 rings (SSSR count). The average molecular weight is 321 g/mol. The van der Waals surface area contributed by atoms with E-state index in [-0.39, 0.29) is 18.0 Å². The Kier molecular flexibility index (Phi) is 10.9. The van der Waals surface area contributed by atoms with Crippen molar-refractivity contribution >= 4 is 22.1 Å². The van der Waals surface area contributed by atoms with Crippen LogP contribution in [0.3, 0.4) is 0 Å². The first-order valence-electron chi connectivity index (χ1n) is 6.82. The number of carbonyl (C=O) groups is 2. The fraction of sp³-hybridized carbons (Fsp3) is 0.846. The first-order chi connectivity index (χ1) is 9.52. The van der Waals surface area contributed by atoms with E-state index in [9.17, 15) is 9.59 Å². The number of carbonyl (C=O) groups excluding carboxylic acids is 2. The summed E-state index contributed by atoms with van der Waals surface area (Å²) in [6, 6.07) is 0. The molecule has 1 atom stereocenters. The molecule has 7 nitrogen and oxygen atoms in total. The van der Waals surface area contributed by atoms with Gasteiger partial charge in [0.2, 0.25) is 0 Å². The number of likely N-dealkylation sites (N-methyl/N-ethyl adjacent to an activating group) is 3. The highest BCUT2D eigenvalue weighted by Crippen LogP contribution is 2.11. The van der Waals surface area contributed by atoms with E-state index in [1.54, 1.807) is 35.0 Å². The van der Waals surface area contributed by atoms with Gasteiger partial charge in [0.15, 0.2) is 17.3 Å². The van der Waals surface area contributed by atoms with Gasteiger partial charge in [0.05, 0.1) is 6.42 Å². The van der Waals surface area contributed by atoms with Gasteiger partial charge in [-0.3, -0.25) is 25.5 Å². The van der Waals surface area contributed by atoms with Crippen molar-refractivity contribution in [1.29, 1.82) is 0 Å². The molecular weight excluding hydrogens is 288 g/mol. The van der Waals surface area contributed by atoms with Crippen LogP contribution in [0.5, 0.6) is 0 Å². The minimum atomic E-state index is -1.07. The number of hydrogen-bond donors (Lipinski definition) is 3. The molecule has 3 N–H and O–H groups in total. The summed E-state index contributed by atoms with van der Waals surface area (Å²) in [5.41, 5.74) is -1.96. The molecule has 0 saturated carbocycles. The lowest BCUT2D eigenvalue weighted by Gasteiger charge is -2.30. The molecule has 0 aliphatic carbocycles. The molecule has 0 spiro atoms. The lowest BCUT2D eigenvalue weighted by atomic mass is 9.98. The Morgan fingerprint density at radius 2 is 1.38 bits per heavy atom. The van der Waals surface area contributed by atoms with E-state index < -0.39 is 11.4 Å². The largest absolute Gasteiger partial charge is 0.405 e. The smallest absolute Gasteiger partial charge is 0.185 e. The van der Waals surface area contributed by atoms with E-state index in [0.717, 1.165) is 0 Å². The summed E-state index contributed by atoms with van der Waals surface area (Å²) < 4.78 is 5.21. The Morgan fingerprint density at radius 1 is 1.00 bits per heavy atom. The zero-order valence-electron chi connectivity index (χ0n) is 14.9. The Bertz CT molecular complexity index is 299. The topological polar surface area (TPSA) is 82.7 Å². The lowest BCUT2D eigenvalue weighted by Crippen LogP contribution is -2.59. The van der Waals surface area contributed by atoms with Gasteiger partial charge >= 0.3 is 0 Å². The molecule has 126 valence electrons. The SMILES string of the molecule is CN(C)C.CNC(C)(NC)C(=O)CC(=O)C(C)(NC)O[SiH3]. The van der Waals surface area contributed by atoms with E-state index in [1.807, 2.05) is 26.0 Å². The maximum atomic E-state index is 12.0. The van der Waals surface area contributed by atoms with Gasteiger partial charge in [0.1, 0.15) is 16.1 Å². The second-order valence-corrected chi connectivity index (χ2v) is 5.89. The quantitative estimate of drug-likeness (QED) is 0.273. The molecule has 1 unspecified atom stereocenters. The van der Waals surface area contributed by atoms with Gasteiger partial charge in [-0.25, -0.2) is 0 Å². The van der Waals surface area contributed by atoms with Crippen molar-refractivity contribution in [3.63, 3.8) is 0 Å². The number of nitrogens with zero attached hydrogens (tertiary/aromatic N) is 1. The van der Waals surface area contributed by atoms with Crippen LogP contribution in [-0.2, 0) is 14.0 Å². The van der Waals surface area contributed by atoms with Gasteiger partial charge in [0.25, 0.3) is 0 Å². The van der Waals surface area contributed by atoms with Crippen molar-refractivity contribution in [2.24, 2.45) is 0 Å². The molecule has 0 aromatic rings. The molecule has 21 heavy (non-hydrogen) atoms. The molecule has 0 fully saturated rings. The second-order valence-electron chi connectivity index (χ2n) is 5.48. The minimum absolute atomic E-state index is 0.183. The molecule has 0 aliphatic rings.